The fraction of sp³-hybridized carbons (Fsp3) is 0.300. The highest BCUT2D eigenvalue weighted by atomic mass is 16.5. The van der Waals surface area contributed by atoms with Crippen molar-refractivity contribution in [2.24, 2.45) is 0 Å². The molecule has 1 amide bonds. The fourth-order valence-corrected chi connectivity index (χ4v) is 1.03. The molecule has 0 aliphatic rings. The molecular formula is C10H13NO3. The number of aryl methyl sites for hydroxylation is 1. The van der Waals surface area contributed by atoms with E-state index in [9.17, 15) is 9.90 Å². The molecule has 4 nitrogen and oxygen atoms in total. The van der Waals surface area contributed by atoms with Gasteiger partial charge in [0, 0.05) is 13.1 Å². The van der Waals surface area contributed by atoms with Crippen molar-refractivity contribution in [3.8, 4) is 11.5 Å². The number of rotatable bonds is 3. The molecule has 0 bridgehead atoms. The summed E-state index contributed by atoms with van der Waals surface area (Å²) in [5.41, 5.74) is 0.886. The van der Waals surface area contributed by atoms with E-state index in [1.165, 1.54) is 6.07 Å². The first kappa shape index (κ1) is 10.4. The lowest BCUT2D eigenvalue weighted by atomic mass is 10.2. The van der Waals surface area contributed by atoms with Crippen LogP contribution in [0.4, 0.5) is 0 Å². The molecule has 1 aromatic rings. The van der Waals surface area contributed by atoms with Crippen molar-refractivity contribution >= 4 is 5.91 Å². The summed E-state index contributed by atoms with van der Waals surface area (Å²) in [6.07, 6.45) is 0. The number of hydrogen-bond acceptors (Lipinski definition) is 3. The lowest BCUT2D eigenvalue weighted by Gasteiger charge is -2.06. The standard InChI is InChI=1S/C10H13NO3/c1-7-3-8(12)5-9(4-7)14-6-10(13)11-2/h3-5,12H,6H2,1-2H3,(H,11,13). The number of carbonyl (C=O) groups is 1. The van der Waals surface area contributed by atoms with Gasteiger partial charge in [0.15, 0.2) is 6.61 Å². The molecule has 14 heavy (non-hydrogen) atoms. The van der Waals surface area contributed by atoms with Gasteiger partial charge in [-0.1, -0.05) is 0 Å². The number of phenols is 1. The monoisotopic (exact) mass is 195 g/mol. The van der Waals surface area contributed by atoms with Crippen LogP contribution in [0.1, 0.15) is 5.56 Å². The first-order chi connectivity index (χ1) is 6.61. The van der Waals surface area contributed by atoms with Crippen LogP contribution in [-0.2, 0) is 4.79 Å². The van der Waals surface area contributed by atoms with Crippen LogP contribution in [0.25, 0.3) is 0 Å². The average molecular weight is 195 g/mol. The third-order valence-corrected chi connectivity index (χ3v) is 1.68. The maximum atomic E-state index is 10.9. The van der Waals surface area contributed by atoms with Gasteiger partial charge in [-0.25, -0.2) is 0 Å². The number of hydrogen-bond donors (Lipinski definition) is 2. The molecule has 0 aromatic heterocycles. The van der Waals surface area contributed by atoms with E-state index in [4.69, 9.17) is 4.74 Å². The Balaban J connectivity index is 2.63. The number of benzene rings is 1. The highest BCUT2D eigenvalue weighted by molar-refractivity contribution is 5.77. The second kappa shape index (κ2) is 4.50. The predicted octanol–water partition coefficient (Wildman–Crippen LogP) is 0.825. The van der Waals surface area contributed by atoms with Gasteiger partial charge < -0.3 is 15.2 Å². The molecule has 0 saturated carbocycles. The van der Waals surface area contributed by atoms with Crippen molar-refractivity contribution < 1.29 is 14.6 Å². The number of likely N-dealkylation sites (N-methyl/N-ethyl adjacent to an activating group) is 1. The molecule has 0 saturated heterocycles. The number of phenolic OH excluding ortho intramolecular Hbond substituents is 1. The minimum Gasteiger partial charge on any atom is -0.508 e. The van der Waals surface area contributed by atoms with Gasteiger partial charge in [-0.05, 0) is 24.6 Å². The van der Waals surface area contributed by atoms with E-state index in [-0.39, 0.29) is 18.3 Å². The Morgan fingerprint density at radius 1 is 1.50 bits per heavy atom. The Morgan fingerprint density at radius 3 is 2.79 bits per heavy atom. The van der Waals surface area contributed by atoms with E-state index in [0.29, 0.717) is 5.75 Å². The van der Waals surface area contributed by atoms with Crippen LogP contribution in [-0.4, -0.2) is 24.7 Å². The zero-order valence-electron chi connectivity index (χ0n) is 8.20. The Hall–Kier alpha value is -1.71. The topological polar surface area (TPSA) is 58.6 Å². The summed E-state index contributed by atoms with van der Waals surface area (Å²) in [4.78, 5) is 10.9. The highest BCUT2D eigenvalue weighted by Crippen LogP contribution is 2.20. The molecule has 0 aliphatic carbocycles. The summed E-state index contributed by atoms with van der Waals surface area (Å²) < 4.78 is 5.15. The molecule has 0 radical (unpaired) electrons. The minimum atomic E-state index is -0.203. The fourth-order valence-electron chi connectivity index (χ4n) is 1.03. The SMILES string of the molecule is CNC(=O)COc1cc(C)cc(O)c1. The zero-order valence-corrected chi connectivity index (χ0v) is 8.20. The smallest absolute Gasteiger partial charge is 0.257 e. The van der Waals surface area contributed by atoms with Gasteiger partial charge in [-0.3, -0.25) is 4.79 Å². The van der Waals surface area contributed by atoms with Gasteiger partial charge >= 0.3 is 0 Å². The molecule has 4 heteroatoms. The van der Waals surface area contributed by atoms with E-state index in [1.54, 1.807) is 19.2 Å². The summed E-state index contributed by atoms with van der Waals surface area (Å²) in [6.45, 7) is 1.80. The van der Waals surface area contributed by atoms with Gasteiger partial charge in [0.2, 0.25) is 0 Å². The van der Waals surface area contributed by atoms with Gasteiger partial charge in [-0.15, -0.1) is 0 Å². The van der Waals surface area contributed by atoms with E-state index < -0.39 is 0 Å². The molecule has 0 unspecified atom stereocenters. The van der Waals surface area contributed by atoms with E-state index >= 15 is 0 Å². The molecule has 0 heterocycles. The Labute approximate surface area is 82.5 Å². The lowest BCUT2D eigenvalue weighted by Crippen LogP contribution is -2.24. The van der Waals surface area contributed by atoms with Crippen LogP contribution in [0.2, 0.25) is 0 Å². The Bertz CT molecular complexity index is 316. The number of aromatic hydroxyl groups is 1. The van der Waals surface area contributed by atoms with E-state index in [0.717, 1.165) is 5.56 Å². The van der Waals surface area contributed by atoms with Crippen molar-refractivity contribution in [3.63, 3.8) is 0 Å². The summed E-state index contributed by atoms with van der Waals surface area (Å²) >= 11 is 0. The largest absolute Gasteiger partial charge is 0.508 e. The number of ether oxygens (including phenoxy) is 1. The average Bonchev–Trinajstić information content (AvgIpc) is 2.12. The molecule has 1 rings (SSSR count). The van der Waals surface area contributed by atoms with E-state index in [2.05, 4.69) is 5.32 Å². The van der Waals surface area contributed by atoms with Crippen molar-refractivity contribution in [2.75, 3.05) is 13.7 Å². The number of amides is 1. The predicted molar refractivity (Wildman–Crippen MR) is 52.4 cm³/mol. The lowest BCUT2D eigenvalue weighted by molar-refractivity contribution is -0.122. The summed E-state index contributed by atoms with van der Waals surface area (Å²) in [5.74, 6) is 0.425. The molecule has 0 fully saturated rings. The first-order valence-electron chi connectivity index (χ1n) is 4.26. The molecule has 76 valence electrons. The summed E-state index contributed by atoms with van der Waals surface area (Å²) in [6, 6.07) is 4.84. The maximum absolute atomic E-state index is 10.9. The van der Waals surface area contributed by atoms with Crippen LogP contribution < -0.4 is 10.1 Å². The third kappa shape index (κ3) is 2.97. The van der Waals surface area contributed by atoms with Crippen molar-refractivity contribution in [1.29, 1.82) is 0 Å². The molecule has 0 spiro atoms. The van der Waals surface area contributed by atoms with Gasteiger partial charge in [0.1, 0.15) is 11.5 Å². The molecule has 0 aliphatic heterocycles. The number of carbonyl (C=O) groups excluding carboxylic acids is 1. The Morgan fingerprint density at radius 2 is 2.21 bits per heavy atom. The van der Waals surface area contributed by atoms with E-state index in [1.807, 2.05) is 6.92 Å². The zero-order chi connectivity index (χ0) is 10.6. The molecule has 2 N–H and O–H groups in total. The third-order valence-electron chi connectivity index (χ3n) is 1.68. The van der Waals surface area contributed by atoms with Gasteiger partial charge in [0.25, 0.3) is 5.91 Å². The van der Waals surface area contributed by atoms with Crippen molar-refractivity contribution in [2.45, 2.75) is 6.92 Å². The second-order valence-corrected chi connectivity index (χ2v) is 2.97. The number of nitrogens with one attached hydrogen (secondary N) is 1. The van der Waals surface area contributed by atoms with Crippen LogP contribution in [0.15, 0.2) is 18.2 Å². The normalized spacial score (nSPS) is 9.57. The van der Waals surface area contributed by atoms with Crippen LogP contribution in [0.5, 0.6) is 11.5 Å². The first-order valence-corrected chi connectivity index (χ1v) is 4.26. The molecular weight excluding hydrogens is 182 g/mol. The summed E-state index contributed by atoms with van der Waals surface area (Å²) in [5, 5.41) is 11.7. The quantitative estimate of drug-likeness (QED) is 0.750. The molecule has 1 aromatic carbocycles. The Kier molecular flexibility index (Phi) is 3.34. The molecule has 0 atom stereocenters. The van der Waals surface area contributed by atoms with Gasteiger partial charge in [-0.2, -0.15) is 0 Å². The van der Waals surface area contributed by atoms with Crippen molar-refractivity contribution in [3.05, 3.63) is 23.8 Å². The highest BCUT2D eigenvalue weighted by Gasteiger charge is 2.01. The van der Waals surface area contributed by atoms with Crippen molar-refractivity contribution in [1.82, 2.24) is 5.32 Å². The van der Waals surface area contributed by atoms with Crippen LogP contribution in [0.3, 0.4) is 0 Å². The second-order valence-electron chi connectivity index (χ2n) is 2.97. The minimum absolute atomic E-state index is 0.0423. The maximum Gasteiger partial charge on any atom is 0.257 e. The van der Waals surface area contributed by atoms with Crippen LogP contribution in [0, 0.1) is 6.92 Å². The summed E-state index contributed by atoms with van der Waals surface area (Å²) in [7, 11) is 1.54. The van der Waals surface area contributed by atoms with Crippen LogP contribution >= 0.6 is 0 Å². The van der Waals surface area contributed by atoms with Gasteiger partial charge in [0.05, 0.1) is 0 Å².